The van der Waals surface area contributed by atoms with Crippen molar-refractivity contribution in [2.75, 3.05) is 25.9 Å². The van der Waals surface area contributed by atoms with Gasteiger partial charge in [0.1, 0.15) is 0 Å². The van der Waals surface area contributed by atoms with Gasteiger partial charge in [0.05, 0.1) is 5.75 Å². The molecule has 0 amide bonds. The molecule has 2 rings (SSSR count). The summed E-state index contributed by atoms with van der Waals surface area (Å²) in [6.07, 6.45) is 4.31. The molecule has 0 unspecified atom stereocenters. The lowest BCUT2D eigenvalue weighted by atomic mass is 9.97. The monoisotopic (exact) mass is 311 g/mol. The van der Waals surface area contributed by atoms with Crippen LogP contribution < -0.4 is 0 Å². The number of carbonyl (C=O) groups is 1. The number of thioether (sulfide) groups is 1. The van der Waals surface area contributed by atoms with Crippen molar-refractivity contribution in [1.82, 2.24) is 14.5 Å². The molecule has 0 radical (unpaired) electrons. The topological polar surface area (TPSA) is 58.4 Å². The standard InChI is InChI=1S/C15H25N3O2S/c1-11(2)13-8-16-15(21-10-14(19)20)18(13)9-12-4-6-17(3)7-5-12/h8,11-12H,4-7,9-10H2,1-3H3,(H,19,20). The molecule has 1 fully saturated rings. The molecule has 1 aromatic rings. The Bertz CT molecular complexity index is 479. The van der Waals surface area contributed by atoms with Gasteiger partial charge in [0.2, 0.25) is 0 Å². The summed E-state index contributed by atoms with van der Waals surface area (Å²) in [7, 11) is 2.17. The van der Waals surface area contributed by atoms with Crippen molar-refractivity contribution < 1.29 is 9.90 Å². The number of aliphatic carboxylic acids is 1. The summed E-state index contributed by atoms with van der Waals surface area (Å²) in [5.41, 5.74) is 1.21. The highest BCUT2D eigenvalue weighted by molar-refractivity contribution is 7.99. The van der Waals surface area contributed by atoms with E-state index in [1.807, 2.05) is 6.20 Å². The Hall–Kier alpha value is -1.01. The molecule has 0 atom stereocenters. The minimum atomic E-state index is -0.792. The first-order valence-corrected chi connectivity index (χ1v) is 8.54. The number of likely N-dealkylation sites (tertiary alicyclic amines) is 1. The third kappa shape index (κ3) is 4.48. The van der Waals surface area contributed by atoms with E-state index in [-0.39, 0.29) is 5.75 Å². The number of hydrogen-bond donors (Lipinski definition) is 1. The van der Waals surface area contributed by atoms with Gasteiger partial charge in [-0.15, -0.1) is 0 Å². The van der Waals surface area contributed by atoms with Crippen molar-refractivity contribution in [3.8, 4) is 0 Å². The van der Waals surface area contributed by atoms with Crippen LogP contribution in [-0.2, 0) is 11.3 Å². The molecule has 1 aromatic heterocycles. The third-order valence-corrected chi connectivity index (χ3v) is 5.02. The lowest BCUT2D eigenvalue weighted by Gasteiger charge is -2.30. The predicted octanol–water partition coefficient (Wildman–Crippen LogP) is 2.53. The average Bonchev–Trinajstić information content (AvgIpc) is 2.82. The number of carboxylic acids is 1. The molecule has 6 heteroatoms. The largest absolute Gasteiger partial charge is 0.481 e. The van der Waals surface area contributed by atoms with Crippen molar-refractivity contribution in [2.24, 2.45) is 5.92 Å². The fourth-order valence-electron chi connectivity index (χ4n) is 2.76. The first-order valence-electron chi connectivity index (χ1n) is 7.56. The Kier molecular flexibility index (Phi) is 5.70. The van der Waals surface area contributed by atoms with Crippen molar-refractivity contribution in [2.45, 2.75) is 44.3 Å². The van der Waals surface area contributed by atoms with E-state index in [4.69, 9.17) is 5.11 Å². The van der Waals surface area contributed by atoms with E-state index >= 15 is 0 Å². The summed E-state index contributed by atoms with van der Waals surface area (Å²) < 4.78 is 2.24. The Morgan fingerprint density at radius 3 is 2.71 bits per heavy atom. The van der Waals surface area contributed by atoms with Gasteiger partial charge in [-0.1, -0.05) is 25.6 Å². The molecule has 0 aromatic carbocycles. The van der Waals surface area contributed by atoms with Crippen molar-refractivity contribution in [1.29, 1.82) is 0 Å². The zero-order valence-electron chi connectivity index (χ0n) is 13.1. The van der Waals surface area contributed by atoms with E-state index in [0.29, 0.717) is 11.8 Å². The lowest BCUT2D eigenvalue weighted by molar-refractivity contribution is -0.133. The quantitative estimate of drug-likeness (QED) is 0.818. The number of nitrogens with zero attached hydrogens (tertiary/aromatic N) is 3. The SMILES string of the molecule is CC(C)c1cnc(SCC(=O)O)n1CC1CCN(C)CC1. The van der Waals surface area contributed by atoms with Crippen LogP contribution in [0.3, 0.4) is 0 Å². The number of piperidine rings is 1. The van der Waals surface area contributed by atoms with Gasteiger partial charge in [-0.2, -0.15) is 0 Å². The summed E-state index contributed by atoms with van der Waals surface area (Å²) in [5.74, 6) is 0.349. The van der Waals surface area contributed by atoms with Crippen LogP contribution >= 0.6 is 11.8 Å². The average molecular weight is 311 g/mol. The number of imidazole rings is 1. The summed E-state index contributed by atoms with van der Waals surface area (Å²) >= 11 is 1.32. The highest BCUT2D eigenvalue weighted by Gasteiger charge is 2.21. The molecule has 5 nitrogen and oxygen atoms in total. The highest BCUT2D eigenvalue weighted by atomic mass is 32.2. The summed E-state index contributed by atoms with van der Waals surface area (Å²) in [6, 6.07) is 0. The second kappa shape index (κ2) is 7.31. The predicted molar refractivity (Wildman–Crippen MR) is 84.9 cm³/mol. The highest BCUT2D eigenvalue weighted by Crippen LogP contribution is 2.27. The van der Waals surface area contributed by atoms with E-state index in [1.54, 1.807) is 0 Å². The Morgan fingerprint density at radius 2 is 2.14 bits per heavy atom. The van der Waals surface area contributed by atoms with Gasteiger partial charge in [0.15, 0.2) is 5.16 Å². The molecule has 0 bridgehead atoms. The van der Waals surface area contributed by atoms with Gasteiger partial charge in [-0.05, 0) is 44.8 Å². The van der Waals surface area contributed by atoms with E-state index in [0.717, 1.165) is 24.8 Å². The fraction of sp³-hybridized carbons (Fsp3) is 0.733. The molecule has 2 heterocycles. The van der Waals surface area contributed by atoms with E-state index in [2.05, 4.69) is 35.3 Å². The third-order valence-electron chi connectivity index (χ3n) is 4.05. The minimum absolute atomic E-state index is 0.0714. The van der Waals surface area contributed by atoms with Crippen LogP contribution in [0.2, 0.25) is 0 Å². The van der Waals surface area contributed by atoms with E-state index in [1.165, 1.54) is 30.3 Å². The van der Waals surface area contributed by atoms with Crippen molar-refractivity contribution >= 4 is 17.7 Å². The molecular weight excluding hydrogens is 286 g/mol. The molecule has 1 N–H and O–H groups in total. The fourth-order valence-corrected chi connectivity index (χ4v) is 3.48. The second-order valence-corrected chi connectivity index (χ2v) is 7.10. The summed E-state index contributed by atoms with van der Waals surface area (Å²) in [4.78, 5) is 17.6. The molecule has 1 saturated heterocycles. The maximum Gasteiger partial charge on any atom is 0.313 e. The Balaban J connectivity index is 2.10. The summed E-state index contributed by atoms with van der Waals surface area (Å²) in [5, 5.41) is 9.72. The van der Waals surface area contributed by atoms with Crippen LogP contribution in [0.4, 0.5) is 0 Å². The molecule has 21 heavy (non-hydrogen) atoms. The van der Waals surface area contributed by atoms with Gasteiger partial charge < -0.3 is 14.6 Å². The Morgan fingerprint density at radius 1 is 1.48 bits per heavy atom. The van der Waals surface area contributed by atoms with Crippen LogP contribution in [0.15, 0.2) is 11.4 Å². The van der Waals surface area contributed by atoms with Crippen LogP contribution in [-0.4, -0.2) is 51.4 Å². The molecule has 0 saturated carbocycles. The molecule has 0 spiro atoms. The smallest absolute Gasteiger partial charge is 0.313 e. The molecule has 0 aliphatic carbocycles. The Labute approximate surface area is 130 Å². The number of aromatic nitrogens is 2. The first-order chi connectivity index (χ1) is 9.97. The first kappa shape index (κ1) is 16.4. The molecule has 1 aliphatic heterocycles. The van der Waals surface area contributed by atoms with Crippen LogP contribution in [0.25, 0.3) is 0 Å². The van der Waals surface area contributed by atoms with Crippen molar-refractivity contribution in [3.63, 3.8) is 0 Å². The van der Waals surface area contributed by atoms with E-state index < -0.39 is 5.97 Å². The van der Waals surface area contributed by atoms with E-state index in [9.17, 15) is 4.79 Å². The number of hydrogen-bond acceptors (Lipinski definition) is 4. The molecular formula is C15H25N3O2S. The summed E-state index contributed by atoms with van der Waals surface area (Å²) in [6.45, 7) is 7.58. The lowest BCUT2D eigenvalue weighted by Crippen LogP contribution is -2.32. The zero-order valence-corrected chi connectivity index (χ0v) is 13.9. The van der Waals surface area contributed by atoms with Crippen LogP contribution in [0, 0.1) is 5.92 Å². The van der Waals surface area contributed by atoms with Gasteiger partial charge in [-0.3, -0.25) is 4.79 Å². The minimum Gasteiger partial charge on any atom is -0.481 e. The van der Waals surface area contributed by atoms with Gasteiger partial charge in [0, 0.05) is 18.4 Å². The number of carboxylic acid groups (broad SMARTS) is 1. The maximum atomic E-state index is 10.8. The molecule has 1 aliphatic rings. The van der Waals surface area contributed by atoms with Crippen molar-refractivity contribution in [3.05, 3.63) is 11.9 Å². The van der Waals surface area contributed by atoms with Gasteiger partial charge in [-0.25, -0.2) is 4.98 Å². The van der Waals surface area contributed by atoms with Gasteiger partial charge >= 0.3 is 5.97 Å². The number of rotatable bonds is 6. The normalized spacial score (nSPS) is 17.5. The van der Waals surface area contributed by atoms with Gasteiger partial charge in [0.25, 0.3) is 0 Å². The van der Waals surface area contributed by atoms with Crippen LogP contribution in [0.5, 0.6) is 0 Å². The zero-order chi connectivity index (χ0) is 15.4. The van der Waals surface area contributed by atoms with Crippen LogP contribution in [0.1, 0.15) is 38.3 Å². The molecule has 118 valence electrons. The second-order valence-electron chi connectivity index (χ2n) is 6.16. The maximum absolute atomic E-state index is 10.8.